The van der Waals surface area contributed by atoms with Crippen molar-refractivity contribution in [1.29, 1.82) is 0 Å². The number of aliphatic hydroxyl groups excluding tert-OH is 1. The minimum absolute atomic E-state index is 0.234. The molecule has 3 heterocycles. The van der Waals surface area contributed by atoms with Crippen LogP contribution in [-0.2, 0) is 23.7 Å². The summed E-state index contributed by atoms with van der Waals surface area (Å²) in [5.74, 6) is -1.51. The quantitative estimate of drug-likeness (QED) is 0.735. The van der Waals surface area contributed by atoms with E-state index in [0.717, 1.165) is 0 Å². The fourth-order valence-corrected chi connectivity index (χ4v) is 3.01. The van der Waals surface area contributed by atoms with E-state index in [0.29, 0.717) is 6.61 Å². The summed E-state index contributed by atoms with van der Waals surface area (Å²) in [6.45, 7) is 7.41. The van der Waals surface area contributed by atoms with Gasteiger partial charge in [-0.3, -0.25) is 0 Å². The van der Waals surface area contributed by atoms with Gasteiger partial charge in [-0.25, -0.2) is 0 Å². The molecule has 18 heavy (non-hydrogen) atoms. The van der Waals surface area contributed by atoms with Crippen LogP contribution in [0.15, 0.2) is 0 Å². The molecule has 0 spiro atoms. The number of rotatable bonds is 1. The van der Waals surface area contributed by atoms with E-state index in [1.807, 2.05) is 13.8 Å². The van der Waals surface area contributed by atoms with Crippen molar-refractivity contribution in [3.63, 3.8) is 0 Å². The molecule has 0 aromatic heterocycles. The lowest BCUT2D eigenvalue weighted by molar-refractivity contribution is -0.241. The van der Waals surface area contributed by atoms with Gasteiger partial charge < -0.3 is 28.8 Å². The normalized spacial score (nSPS) is 48.8. The molecule has 0 aliphatic carbocycles. The molecule has 0 radical (unpaired) electrons. The van der Waals surface area contributed by atoms with E-state index in [-0.39, 0.29) is 12.7 Å². The highest BCUT2D eigenvalue weighted by atomic mass is 16.9. The number of hydrogen-bond acceptors (Lipinski definition) is 6. The molecule has 0 amide bonds. The van der Waals surface area contributed by atoms with Crippen LogP contribution < -0.4 is 0 Å². The van der Waals surface area contributed by atoms with Gasteiger partial charge in [0, 0.05) is 0 Å². The molecule has 0 unspecified atom stereocenters. The van der Waals surface area contributed by atoms with Crippen LogP contribution in [0.3, 0.4) is 0 Å². The molecule has 1 N–H and O–H groups in total. The Balaban J connectivity index is 1.95. The molecule has 3 saturated heterocycles. The van der Waals surface area contributed by atoms with E-state index in [9.17, 15) is 5.11 Å². The molecule has 0 bridgehead atoms. The first kappa shape index (κ1) is 12.8. The molecular formula is C12H20O6. The third kappa shape index (κ3) is 1.71. The number of hydrogen-bond donors (Lipinski definition) is 1. The van der Waals surface area contributed by atoms with E-state index in [1.54, 1.807) is 13.8 Å². The summed E-state index contributed by atoms with van der Waals surface area (Å²) in [4.78, 5) is 0. The van der Waals surface area contributed by atoms with Crippen molar-refractivity contribution < 1.29 is 28.8 Å². The molecule has 0 aromatic carbocycles. The zero-order valence-electron chi connectivity index (χ0n) is 11.1. The number of fused-ring (bicyclic) bond motifs is 3. The molecule has 104 valence electrons. The predicted molar refractivity (Wildman–Crippen MR) is 59.6 cm³/mol. The first-order valence-electron chi connectivity index (χ1n) is 6.24. The van der Waals surface area contributed by atoms with Crippen LogP contribution in [-0.4, -0.2) is 54.0 Å². The summed E-state index contributed by atoms with van der Waals surface area (Å²) in [5.41, 5.74) is -1.01. The molecular weight excluding hydrogens is 240 g/mol. The third-order valence-corrected chi connectivity index (χ3v) is 3.55. The molecule has 0 aromatic rings. The second-order valence-corrected chi connectivity index (χ2v) is 5.99. The van der Waals surface area contributed by atoms with Crippen molar-refractivity contribution >= 4 is 0 Å². The fraction of sp³-hybridized carbons (Fsp3) is 1.00. The summed E-state index contributed by atoms with van der Waals surface area (Å²) in [5, 5.41) is 9.78. The lowest BCUT2D eigenvalue weighted by Gasteiger charge is -2.41. The second-order valence-electron chi connectivity index (χ2n) is 5.99. The highest BCUT2D eigenvalue weighted by molar-refractivity contribution is 5.07. The van der Waals surface area contributed by atoms with Crippen molar-refractivity contribution in [2.45, 2.75) is 63.4 Å². The van der Waals surface area contributed by atoms with Crippen LogP contribution >= 0.6 is 0 Å². The minimum atomic E-state index is -1.01. The zero-order valence-corrected chi connectivity index (χ0v) is 11.1. The van der Waals surface area contributed by atoms with Gasteiger partial charge in [-0.15, -0.1) is 0 Å². The largest absolute Gasteiger partial charge is 0.393 e. The second kappa shape index (κ2) is 3.65. The highest BCUT2D eigenvalue weighted by Gasteiger charge is 2.67. The van der Waals surface area contributed by atoms with Crippen molar-refractivity contribution in [3.8, 4) is 0 Å². The van der Waals surface area contributed by atoms with Crippen LogP contribution in [0.2, 0.25) is 0 Å². The molecule has 4 atom stereocenters. The van der Waals surface area contributed by atoms with Crippen molar-refractivity contribution in [3.05, 3.63) is 0 Å². The minimum Gasteiger partial charge on any atom is -0.393 e. The number of aliphatic hydroxyl groups is 1. The average Bonchev–Trinajstić information content (AvgIpc) is 2.70. The van der Waals surface area contributed by atoms with Gasteiger partial charge in [-0.05, 0) is 27.7 Å². The summed E-state index contributed by atoms with van der Waals surface area (Å²) in [6, 6.07) is 0. The summed E-state index contributed by atoms with van der Waals surface area (Å²) in [7, 11) is 0. The van der Waals surface area contributed by atoms with Gasteiger partial charge in [0.25, 0.3) is 0 Å². The maximum absolute atomic E-state index is 9.78. The Morgan fingerprint density at radius 3 is 2.44 bits per heavy atom. The number of ether oxygens (including phenoxy) is 5. The van der Waals surface area contributed by atoms with E-state index in [1.165, 1.54) is 0 Å². The van der Waals surface area contributed by atoms with Crippen molar-refractivity contribution in [2.75, 3.05) is 13.2 Å². The smallest absolute Gasteiger partial charge is 0.195 e. The SMILES string of the molecule is CC1(C)O[C@@H]2[C@@H](CO[C@@H]3OC(C)(C)O[C@]32CO)O1. The molecule has 3 aliphatic heterocycles. The van der Waals surface area contributed by atoms with E-state index >= 15 is 0 Å². The van der Waals surface area contributed by atoms with Crippen LogP contribution in [0, 0.1) is 0 Å². The van der Waals surface area contributed by atoms with Crippen molar-refractivity contribution in [2.24, 2.45) is 0 Å². The topological polar surface area (TPSA) is 66.4 Å². The van der Waals surface area contributed by atoms with Crippen LogP contribution in [0.1, 0.15) is 27.7 Å². The zero-order chi connectivity index (χ0) is 13.2. The lowest BCUT2D eigenvalue weighted by atomic mass is 9.90. The maximum Gasteiger partial charge on any atom is 0.195 e. The van der Waals surface area contributed by atoms with Crippen LogP contribution in [0.25, 0.3) is 0 Å². The molecule has 0 saturated carbocycles. The first-order valence-corrected chi connectivity index (χ1v) is 6.24. The Morgan fingerprint density at radius 2 is 1.78 bits per heavy atom. The van der Waals surface area contributed by atoms with E-state index < -0.39 is 29.6 Å². The first-order chi connectivity index (χ1) is 8.28. The molecule has 3 aliphatic rings. The summed E-state index contributed by atoms with van der Waals surface area (Å²) < 4.78 is 28.9. The van der Waals surface area contributed by atoms with Gasteiger partial charge >= 0.3 is 0 Å². The standard InChI is InChI=1S/C12H20O6/c1-10(2)15-7-5-14-9-12(6-13,8(7)16-10)18-11(3,4)17-9/h7-9,13H,5-6H2,1-4H3/t7-,8-,9-,12+/m1/s1. The van der Waals surface area contributed by atoms with Gasteiger partial charge in [-0.1, -0.05) is 0 Å². The van der Waals surface area contributed by atoms with Gasteiger partial charge in [0.05, 0.1) is 13.2 Å². The third-order valence-electron chi connectivity index (χ3n) is 3.55. The molecule has 6 heteroatoms. The van der Waals surface area contributed by atoms with Gasteiger partial charge in [0.15, 0.2) is 23.5 Å². The predicted octanol–water partition coefficient (Wildman–Crippen LogP) is 0.377. The summed E-state index contributed by atoms with van der Waals surface area (Å²) >= 11 is 0. The molecule has 6 nitrogen and oxygen atoms in total. The van der Waals surface area contributed by atoms with Gasteiger partial charge in [0.1, 0.15) is 12.2 Å². The Bertz CT molecular complexity index is 354. The van der Waals surface area contributed by atoms with E-state index in [4.69, 9.17) is 23.7 Å². The van der Waals surface area contributed by atoms with Crippen molar-refractivity contribution in [1.82, 2.24) is 0 Å². The Morgan fingerprint density at radius 1 is 1.06 bits per heavy atom. The van der Waals surface area contributed by atoms with Crippen LogP contribution in [0.5, 0.6) is 0 Å². The monoisotopic (exact) mass is 260 g/mol. The average molecular weight is 260 g/mol. The van der Waals surface area contributed by atoms with Gasteiger partial charge in [-0.2, -0.15) is 0 Å². The summed E-state index contributed by atoms with van der Waals surface area (Å²) in [6.07, 6.45) is -1.27. The molecule has 3 rings (SSSR count). The molecule has 3 fully saturated rings. The fourth-order valence-electron chi connectivity index (χ4n) is 3.01. The Hall–Kier alpha value is -0.240. The van der Waals surface area contributed by atoms with Gasteiger partial charge in [0.2, 0.25) is 0 Å². The van der Waals surface area contributed by atoms with E-state index in [2.05, 4.69) is 0 Å². The lowest BCUT2D eigenvalue weighted by Crippen LogP contribution is -2.62. The Labute approximate surface area is 106 Å². The maximum atomic E-state index is 9.78. The highest BCUT2D eigenvalue weighted by Crippen LogP contribution is 2.48. The Kier molecular flexibility index (Phi) is 2.59. The van der Waals surface area contributed by atoms with Crippen LogP contribution in [0.4, 0.5) is 0 Å².